The minimum Gasteiger partial charge on any atom is -0.464 e. The monoisotopic (exact) mass is 208 g/mol. The molecule has 15 heavy (non-hydrogen) atoms. The van der Waals surface area contributed by atoms with E-state index in [1.54, 1.807) is 18.2 Å². The third kappa shape index (κ3) is 2.54. The predicted octanol–water partition coefficient (Wildman–Crippen LogP) is 1.04. The van der Waals surface area contributed by atoms with Crippen molar-refractivity contribution in [3.8, 4) is 0 Å². The van der Waals surface area contributed by atoms with E-state index in [0.717, 1.165) is 0 Å². The molecule has 0 aliphatic rings. The lowest BCUT2D eigenvalue weighted by Gasteiger charge is -2.18. The predicted molar refractivity (Wildman–Crippen MR) is 55.6 cm³/mol. The average Bonchev–Trinajstić information content (AvgIpc) is 2.18. The number of hydrogen-bond acceptors (Lipinski definition) is 3. The van der Waals surface area contributed by atoms with Crippen LogP contribution in [0.1, 0.15) is 6.92 Å². The maximum Gasteiger partial charge on any atom is 0.418 e. The molecule has 1 atom stereocenters. The van der Waals surface area contributed by atoms with Crippen molar-refractivity contribution in [3.05, 3.63) is 30.3 Å². The van der Waals surface area contributed by atoms with E-state index in [1.807, 2.05) is 0 Å². The highest BCUT2D eigenvalue weighted by Crippen LogP contribution is 2.14. The summed E-state index contributed by atoms with van der Waals surface area (Å²) in [7, 11) is 0. The number of imide groups is 1. The average molecular weight is 208 g/mol. The Kier molecular flexibility index (Phi) is 3.41. The molecule has 1 aromatic rings. The topological polar surface area (TPSA) is 83.6 Å². The van der Waals surface area contributed by atoms with Crippen molar-refractivity contribution in [1.82, 2.24) is 0 Å². The molecule has 0 unspecified atom stereocenters. The normalized spacial score (nSPS) is 11.9. The van der Waals surface area contributed by atoms with Gasteiger partial charge in [-0.15, -0.1) is 0 Å². The number of anilines is 1. The second-order valence-electron chi connectivity index (χ2n) is 3.08. The number of hydrogen-bond donors (Lipinski definition) is 2. The van der Waals surface area contributed by atoms with Gasteiger partial charge in [-0.25, -0.2) is 9.69 Å². The van der Waals surface area contributed by atoms with Crippen LogP contribution < -0.4 is 10.6 Å². The van der Waals surface area contributed by atoms with Gasteiger partial charge in [0.25, 0.3) is 5.91 Å². The van der Waals surface area contributed by atoms with Crippen LogP contribution in [0, 0.1) is 0 Å². The first-order valence-electron chi connectivity index (χ1n) is 4.41. The molecule has 5 nitrogen and oxygen atoms in total. The Morgan fingerprint density at radius 1 is 1.33 bits per heavy atom. The molecule has 0 fully saturated rings. The number of carbonyl (C=O) groups excluding carboxylic acids is 1. The second-order valence-corrected chi connectivity index (χ2v) is 3.08. The highest BCUT2D eigenvalue weighted by Gasteiger charge is 2.24. The van der Waals surface area contributed by atoms with Gasteiger partial charge in [0, 0.05) is 0 Å². The highest BCUT2D eigenvalue weighted by molar-refractivity contribution is 6.13. The fourth-order valence-corrected chi connectivity index (χ4v) is 1.11. The van der Waals surface area contributed by atoms with Gasteiger partial charge in [0.15, 0.2) is 0 Å². The Bertz CT molecular complexity index is 362. The van der Waals surface area contributed by atoms with Gasteiger partial charge in [-0.2, -0.15) is 0 Å². The summed E-state index contributed by atoms with van der Waals surface area (Å²) in [5.74, 6) is -0.645. The summed E-state index contributed by atoms with van der Waals surface area (Å²) < 4.78 is 0. The number of carbonyl (C=O) groups is 2. The molecule has 80 valence electrons. The highest BCUT2D eigenvalue weighted by atomic mass is 16.4. The summed E-state index contributed by atoms with van der Waals surface area (Å²) in [5.41, 5.74) is 5.66. The molecule has 1 rings (SSSR count). The molecule has 0 aliphatic carbocycles. The number of rotatable bonds is 2. The fourth-order valence-electron chi connectivity index (χ4n) is 1.11. The Labute approximate surface area is 87.1 Å². The fraction of sp³-hybridized carbons (Fsp3) is 0.200. The molecule has 1 aromatic carbocycles. The lowest BCUT2D eigenvalue weighted by atomic mass is 10.2. The van der Waals surface area contributed by atoms with E-state index in [1.165, 1.54) is 19.1 Å². The van der Waals surface area contributed by atoms with E-state index in [2.05, 4.69) is 0 Å². The number of nitrogens with zero attached hydrogens (tertiary/aromatic N) is 1. The minimum absolute atomic E-state index is 0.298. The summed E-state index contributed by atoms with van der Waals surface area (Å²) in [4.78, 5) is 23.0. The molecule has 0 radical (unpaired) electrons. The quantitative estimate of drug-likeness (QED) is 0.760. The Morgan fingerprint density at radius 3 is 2.27 bits per heavy atom. The first-order chi connectivity index (χ1) is 7.04. The van der Waals surface area contributed by atoms with Crippen molar-refractivity contribution in [2.75, 3.05) is 4.90 Å². The van der Waals surface area contributed by atoms with Gasteiger partial charge in [-0.1, -0.05) is 18.2 Å². The molecule has 2 amide bonds. The van der Waals surface area contributed by atoms with Gasteiger partial charge in [-0.3, -0.25) is 4.79 Å². The van der Waals surface area contributed by atoms with Crippen molar-refractivity contribution >= 4 is 17.7 Å². The summed E-state index contributed by atoms with van der Waals surface area (Å²) in [6, 6.07) is 7.27. The van der Waals surface area contributed by atoms with Crippen LogP contribution in [0.4, 0.5) is 10.5 Å². The van der Waals surface area contributed by atoms with Crippen LogP contribution in [0.5, 0.6) is 0 Å². The minimum atomic E-state index is -1.33. The SMILES string of the molecule is C[C@H](N)C(=O)N(C(=O)O)c1ccccc1. The van der Waals surface area contributed by atoms with Gasteiger partial charge in [-0.05, 0) is 19.1 Å². The lowest BCUT2D eigenvalue weighted by Crippen LogP contribution is -2.45. The van der Waals surface area contributed by atoms with Crippen molar-refractivity contribution in [1.29, 1.82) is 0 Å². The number of para-hydroxylation sites is 1. The van der Waals surface area contributed by atoms with E-state index >= 15 is 0 Å². The van der Waals surface area contributed by atoms with Crippen molar-refractivity contribution in [2.24, 2.45) is 5.73 Å². The Morgan fingerprint density at radius 2 is 1.87 bits per heavy atom. The lowest BCUT2D eigenvalue weighted by molar-refractivity contribution is -0.118. The summed E-state index contributed by atoms with van der Waals surface area (Å²) in [6.45, 7) is 1.45. The van der Waals surface area contributed by atoms with Crippen LogP contribution >= 0.6 is 0 Å². The number of benzene rings is 1. The summed E-state index contributed by atoms with van der Waals surface area (Å²) in [5, 5.41) is 8.90. The van der Waals surface area contributed by atoms with Gasteiger partial charge < -0.3 is 10.8 Å². The molecule has 0 heterocycles. The molecular weight excluding hydrogens is 196 g/mol. The van der Waals surface area contributed by atoms with Crippen LogP contribution in [0.3, 0.4) is 0 Å². The van der Waals surface area contributed by atoms with Gasteiger partial charge in [0.2, 0.25) is 0 Å². The number of nitrogens with two attached hydrogens (primary N) is 1. The second kappa shape index (κ2) is 4.56. The largest absolute Gasteiger partial charge is 0.464 e. The van der Waals surface area contributed by atoms with Crippen LogP contribution in [-0.2, 0) is 4.79 Å². The van der Waals surface area contributed by atoms with Gasteiger partial charge >= 0.3 is 6.09 Å². The first kappa shape index (κ1) is 11.2. The zero-order valence-electron chi connectivity index (χ0n) is 8.25. The molecule has 0 saturated heterocycles. The van der Waals surface area contributed by atoms with Crippen LogP contribution in [0.15, 0.2) is 30.3 Å². The molecule has 0 saturated carbocycles. The maximum atomic E-state index is 11.5. The molecule has 0 aromatic heterocycles. The third-order valence-corrected chi connectivity index (χ3v) is 1.82. The van der Waals surface area contributed by atoms with Crippen molar-refractivity contribution in [3.63, 3.8) is 0 Å². The Hall–Kier alpha value is -1.88. The van der Waals surface area contributed by atoms with Crippen LogP contribution in [0.25, 0.3) is 0 Å². The zero-order valence-corrected chi connectivity index (χ0v) is 8.25. The third-order valence-electron chi connectivity index (χ3n) is 1.82. The summed E-state index contributed by atoms with van der Waals surface area (Å²) in [6.07, 6.45) is -1.33. The smallest absolute Gasteiger partial charge is 0.418 e. The molecule has 3 N–H and O–H groups in total. The van der Waals surface area contributed by atoms with E-state index in [4.69, 9.17) is 10.8 Å². The number of amides is 2. The summed E-state index contributed by atoms with van der Waals surface area (Å²) >= 11 is 0. The van der Waals surface area contributed by atoms with Crippen molar-refractivity contribution in [2.45, 2.75) is 13.0 Å². The van der Waals surface area contributed by atoms with E-state index in [0.29, 0.717) is 10.6 Å². The van der Waals surface area contributed by atoms with Crippen molar-refractivity contribution < 1.29 is 14.7 Å². The molecule has 0 spiro atoms. The standard InChI is InChI=1S/C10H12N2O3/c1-7(11)9(13)12(10(14)15)8-5-3-2-4-6-8/h2-7H,11H2,1H3,(H,14,15)/t7-/m0/s1. The van der Waals surface area contributed by atoms with Crippen LogP contribution in [-0.4, -0.2) is 23.1 Å². The Balaban J connectivity index is 3.05. The molecular formula is C10H12N2O3. The van der Waals surface area contributed by atoms with Gasteiger partial charge in [0.1, 0.15) is 0 Å². The number of carboxylic acid groups (broad SMARTS) is 1. The van der Waals surface area contributed by atoms with Gasteiger partial charge in [0.05, 0.1) is 11.7 Å². The zero-order chi connectivity index (χ0) is 11.4. The van der Waals surface area contributed by atoms with E-state index in [-0.39, 0.29) is 0 Å². The molecule has 0 bridgehead atoms. The first-order valence-corrected chi connectivity index (χ1v) is 4.41. The maximum absolute atomic E-state index is 11.5. The van der Waals surface area contributed by atoms with E-state index in [9.17, 15) is 9.59 Å². The molecule has 0 aliphatic heterocycles. The van der Waals surface area contributed by atoms with E-state index < -0.39 is 18.0 Å². The van der Waals surface area contributed by atoms with Crippen LogP contribution in [0.2, 0.25) is 0 Å². The molecule has 5 heteroatoms.